The number of benzene rings is 1. The number of thiophene rings is 1. The summed E-state index contributed by atoms with van der Waals surface area (Å²) in [5.41, 5.74) is 0. The molecule has 1 aromatic carbocycles. The molecule has 31 heavy (non-hydrogen) atoms. The SMILES string of the molecule is O=C(NC[C@H](c1cccs1)N1CCCC1)[C@@H]1CCCN(S(=O)(=O)c2ccc(F)cc2)C1. The second-order valence-corrected chi connectivity index (χ2v) is 11.1. The van der Waals surface area contributed by atoms with Crippen LogP contribution in [0.4, 0.5) is 4.39 Å². The van der Waals surface area contributed by atoms with Gasteiger partial charge in [0.05, 0.1) is 16.9 Å². The Morgan fingerprint density at radius 1 is 1.13 bits per heavy atom. The summed E-state index contributed by atoms with van der Waals surface area (Å²) < 4.78 is 40.4. The molecule has 2 atom stereocenters. The normalized spacial score (nSPS) is 21.8. The van der Waals surface area contributed by atoms with Gasteiger partial charge in [0, 0.05) is 24.5 Å². The first kappa shape index (κ1) is 22.4. The number of piperidine rings is 1. The molecule has 3 heterocycles. The topological polar surface area (TPSA) is 69.7 Å². The minimum atomic E-state index is -3.74. The molecule has 2 fully saturated rings. The van der Waals surface area contributed by atoms with Gasteiger partial charge in [0.1, 0.15) is 5.82 Å². The minimum Gasteiger partial charge on any atom is -0.354 e. The van der Waals surface area contributed by atoms with Crippen molar-refractivity contribution in [2.75, 3.05) is 32.7 Å². The summed E-state index contributed by atoms with van der Waals surface area (Å²) >= 11 is 1.70. The molecule has 2 saturated heterocycles. The van der Waals surface area contributed by atoms with Gasteiger partial charge in [-0.25, -0.2) is 12.8 Å². The molecule has 6 nitrogen and oxygen atoms in total. The number of amides is 1. The summed E-state index contributed by atoms with van der Waals surface area (Å²) in [7, 11) is -3.74. The van der Waals surface area contributed by atoms with Gasteiger partial charge >= 0.3 is 0 Å². The number of carbonyl (C=O) groups excluding carboxylic acids is 1. The first-order chi connectivity index (χ1) is 14.9. The lowest BCUT2D eigenvalue weighted by molar-refractivity contribution is -0.126. The van der Waals surface area contributed by atoms with E-state index in [0.29, 0.717) is 25.9 Å². The maximum absolute atomic E-state index is 13.2. The Hall–Kier alpha value is -1.81. The zero-order valence-corrected chi connectivity index (χ0v) is 19.0. The Bertz CT molecular complexity index is 974. The fourth-order valence-electron chi connectivity index (χ4n) is 4.42. The van der Waals surface area contributed by atoms with Crippen LogP contribution in [0.25, 0.3) is 0 Å². The number of hydrogen-bond acceptors (Lipinski definition) is 5. The van der Waals surface area contributed by atoms with Crippen LogP contribution in [-0.4, -0.2) is 56.3 Å². The second-order valence-electron chi connectivity index (χ2n) is 8.18. The van der Waals surface area contributed by atoms with Crippen molar-refractivity contribution in [2.24, 2.45) is 5.92 Å². The van der Waals surface area contributed by atoms with Crippen LogP contribution in [0.3, 0.4) is 0 Å². The zero-order valence-electron chi connectivity index (χ0n) is 17.4. The monoisotopic (exact) mass is 465 g/mol. The molecule has 0 saturated carbocycles. The molecule has 2 aliphatic heterocycles. The van der Waals surface area contributed by atoms with E-state index < -0.39 is 15.8 Å². The molecule has 1 N–H and O–H groups in total. The van der Waals surface area contributed by atoms with Crippen LogP contribution in [-0.2, 0) is 14.8 Å². The number of carbonyl (C=O) groups is 1. The summed E-state index contributed by atoms with van der Waals surface area (Å²) in [6, 6.07) is 9.14. The lowest BCUT2D eigenvalue weighted by Crippen LogP contribution is -2.46. The van der Waals surface area contributed by atoms with Crippen molar-refractivity contribution in [3.63, 3.8) is 0 Å². The third kappa shape index (κ3) is 5.16. The highest BCUT2D eigenvalue weighted by Gasteiger charge is 2.34. The van der Waals surface area contributed by atoms with Gasteiger partial charge in [-0.15, -0.1) is 11.3 Å². The smallest absolute Gasteiger partial charge is 0.243 e. The molecule has 9 heteroatoms. The molecule has 1 amide bonds. The number of halogens is 1. The predicted molar refractivity (Wildman–Crippen MR) is 119 cm³/mol. The molecule has 2 aromatic rings. The number of nitrogens with zero attached hydrogens (tertiary/aromatic N) is 2. The van der Waals surface area contributed by atoms with Crippen molar-refractivity contribution in [1.82, 2.24) is 14.5 Å². The lowest BCUT2D eigenvalue weighted by atomic mass is 9.98. The fourth-order valence-corrected chi connectivity index (χ4v) is 6.80. The summed E-state index contributed by atoms with van der Waals surface area (Å²) in [6.07, 6.45) is 3.64. The van der Waals surface area contributed by atoms with Crippen LogP contribution in [0.15, 0.2) is 46.7 Å². The number of sulfonamides is 1. The standard InChI is InChI=1S/C22H28FN3O3S2/c23-18-7-9-19(10-8-18)31(28,29)26-13-3-5-17(16-26)22(27)24-15-20(21-6-4-14-30-21)25-11-1-2-12-25/h4,6-10,14,17,20H,1-3,5,11-13,15-16H2,(H,24,27)/t17-,20-/m1/s1. The largest absolute Gasteiger partial charge is 0.354 e. The molecule has 4 rings (SSSR count). The van der Waals surface area contributed by atoms with Crippen LogP contribution < -0.4 is 5.32 Å². The average molecular weight is 466 g/mol. The number of likely N-dealkylation sites (tertiary alicyclic amines) is 1. The summed E-state index contributed by atoms with van der Waals surface area (Å²) in [5, 5.41) is 5.15. The molecule has 0 bridgehead atoms. The van der Waals surface area contributed by atoms with Crippen molar-refractivity contribution in [3.05, 3.63) is 52.5 Å². The number of nitrogens with one attached hydrogen (secondary N) is 1. The Kier molecular flexibility index (Phi) is 7.05. The van der Waals surface area contributed by atoms with Crippen LogP contribution in [0.5, 0.6) is 0 Å². The molecule has 0 spiro atoms. The van der Waals surface area contributed by atoms with Crippen LogP contribution in [0.2, 0.25) is 0 Å². The fraction of sp³-hybridized carbons (Fsp3) is 0.500. The van der Waals surface area contributed by atoms with E-state index in [2.05, 4.69) is 21.7 Å². The second kappa shape index (κ2) is 9.77. The van der Waals surface area contributed by atoms with Crippen LogP contribution >= 0.6 is 11.3 Å². The Labute approximate surface area is 187 Å². The predicted octanol–water partition coefficient (Wildman–Crippen LogP) is 3.24. The Morgan fingerprint density at radius 2 is 1.87 bits per heavy atom. The molecular formula is C22H28FN3O3S2. The van der Waals surface area contributed by atoms with Gasteiger partial charge in [0.25, 0.3) is 0 Å². The molecule has 1 aromatic heterocycles. The summed E-state index contributed by atoms with van der Waals surface area (Å²) in [4.78, 5) is 16.7. The molecule has 0 unspecified atom stereocenters. The third-order valence-corrected chi connectivity index (χ3v) is 8.98. The van der Waals surface area contributed by atoms with Gasteiger partial charge in [-0.05, 0) is 74.5 Å². The highest BCUT2D eigenvalue weighted by Crippen LogP contribution is 2.29. The van der Waals surface area contributed by atoms with E-state index in [0.717, 1.165) is 25.2 Å². The van der Waals surface area contributed by atoms with Gasteiger partial charge in [0.2, 0.25) is 15.9 Å². The highest BCUT2D eigenvalue weighted by atomic mass is 32.2. The van der Waals surface area contributed by atoms with Gasteiger partial charge < -0.3 is 5.32 Å². The van der Waals surface area contributed by atoms with E-state index in [1.807, 2.05) is 6.07 Å². The first-order valence-corrected chi connectivity index (χ1v) is 13.1. The van der Waals surface area contributed by atoms with Crippen molar-refractivity contribution in [1.29, 1.82) is 0 Å². The Balaban J connectivity index is 1.39. The van der Waals surface area contributed by atoms with Gasteiger partial charge in [-0.3, -0.25) is 9.69 Å². The number of hydrogen-bond donors (Lipinski definition) is 1. The van der Waals surface area contributed by atoms with Crippen LogP contribution in [0, 0.1) is 11.7 Å². The summed E-state index contributed by atoms with van der Waals surface area (Å²) in [5.74, 6) is -0.959. The van der Waals surface area contributed by atoms with E-state index in [1.165, 1.54) is 34.2 Å². The van der Waals surface area contributed by atoms with Crippen molar-refractivity contribution in [3.8, 4) is 0 Å². The average Bonchev–Trinajstić information content (AvgIpc) is 3.49. The van der Waals surface area contributed by atoms with Crippen molar-refractivity contribution < 1.29 is 17.6 Å². The third-order valence-electron chi connectivity index (χ3n) is 6.13. The van der Waals surface area contributed by atoms with Gasteiger partial charge in [-0.1, -0.05) is 6.07 Å². The summed E-state index contributed by atoms with van der Waals surface area (Å²) in [6.45, 7) is 3.12. The Morgan fingerprint density at radius 3 is 2.55 bits per heavy atom. The van der Waals surface area contributed by atoms with Crippen LogP contribution in [0.1, 0.15) is 36.6 Å². The van der Waals surface area contributed by atoms with E-state index in [-0.39, 0.29) is 29.3 Å². The van der Waals surface area contributed by atoms with E-state index in [1.54, 1.807) is 11.3 Å². The maximum Gasteiger partial charge on any atom is 0.243 e. The molecule has 0 aliphatic carbocycles. The van der Waals surface area contributed by atoms with E-state index in [9.17, 15) is 17.6 Å². The quantitative estimate of drug-likeness (QED) is 0.682. The van der Waals surface area contributed by atoms with Crippen molar-refractivity contribution >= 4 is 27.3 Å². The van der Waals surface area contributed by atoms with E-state index in [4.69, 9.17) is 0 Å². The highest BCUT2D eigenvalue weighted by molar-refractivity contribution is 7.89. The molecular weight excluding hydrogens is 437 g/mol. The molecule has 0 radical (unpaired) electrons. The lowest BCUT2D eigenvalue weighted by Gasteiger charge is -2.32. The minimum absolute atomic E-state index is 0.0572. The molecule has 168 valence electrons. The van der Waals surface area contributed by atoms with Gasteiger partial charge in [0.15, 0.2) is 0 Å². The maximum atomic E-state index is 13.2. The number of rotatable bonds is 7. The zero-order chi connectivity index (χ0) is 21.8. The molecule has 2 aliphatic rings. The first-order valence-electron chi connectivity index (χ1n) is 10.8. The van der Waals surface area contributed by atoms with Crippen molar-refractivity contribution in [2.45, 2.75) is 36.6 Å². The van der Waals surface area contributed by atoms with Gasteiger partial charge in [-0.2, -0.15) is 4.31 Å². The van der Waals surface area contributed by atoms with E-state index >= 15 is 0 Å².